The maximum Gasteiger partial charge on any atom is 0.313 e. The minimum absolute atomic E-state index is 0.0333. The lowest BCUT2D eigenvalue weighted by molar-refractivity contribution is -0.133. The molecule has 0 fully saturated rings. The quantitative estimate of drug-likeness (QED) is 0.810. The van der Waals surface area contributed by atoms with Gasteiger partial charge in [0.05, 0.1) is 17.6 Å². The van der Waals surface area contributed by atoms with Crippen LogP contribution in [-0.4, -0.2) is 31.6 Å². The molecule has 2 aromatic heterocycles. The van der Waals surface area contributed by atoms with E-state index in [4.69, 9.17) is 9.52 Å². The minimum Gasteiger partial charge on any atom is -0.481 e. The molecule has 0 aliphatic rings. The van der Waals surface area contributed by atoms with E-state index in [9.17, 15) is 4.79 Å². The number of rotatable bonds is 6. The third kappa shape index (κ3) is 3.19. The van der Waals surface area contributed by atoms with Gasteiger partial charge < -0.3 is 14.1 Å². The Kier molecular flexibility index (Phi) is 4.65. The lowest BCUT2D eigenvalue weighted by Crippen LogP contribution is -2.04. The van der Waals surface area contributed by atoms with Gasteiger partial charge in [-0.2, -0.15) is 0 Å². The zero-order chi connectivity index (χ0) is 13.8. The number of carboxylic acids is 1. The Labute approximate surface area is 122 Å². The highest BCUT2D eigenvalue weighted by atomic mass is 79.9. The molecule has 2 heterocycles. The van der Waals surface area contributed by atoms with Crippen molar-refractivity contribution < 1.29 is 14.3 Å². The largest absolute Gasteiger partial charge is 0.481 e. The van der Waals surface area contributed by atoms with E-state index in [2.05, 4.69) is 26.1 Å². The Bertz CT molecular complexity index is 582. The van der Waals surface area contributed by atoms with E-state index < -0.39 is 5.97 Å². The Morgan fingerprint density at radius 3 is 2.95 bits per heavy atom. The van der Waals surface area contributed by atoms with Crippen LogP contribution in [0.1, 0.15) is 13.3 Å². The molecular weight excluding hydrogens is 334 g/mol. The van der Waals surface area contributed by atoms with Crippen LogP contribution in [0, 0.1) is 0 Å². The molecule has 0 atom stereocenters. The van der Waals surface area contributed by atoms with Crippen LogP contribution in [0.3, 0.4) is 0 Å². The molecule has 0 aliphatic carbocycles. The van der Waals surface area contributed by atoms with Crippen LogP contribution in [0.5, 0.6) is 0 Å². The fourth-order valence-electron chi connectivity index (χ4n) is 1.60. The van der Waals surface area contributed by atoms with Crippen molar-refractivity contribution in [2.45, 2.75) is 25.0 Å². The van der Waals surface area contributed by atoms with Crippen molar-refractivity contribution in [3.05, 3.63) is 17.0 Å². The summed E-state index contributed by atoms with van der Waals surface area (Å²) < 4.78 is 7.69. The van der Waals surface area contributed by atoms with E-state index in [0.29, 0.717) is 15.7 Å². The third-order valence-corrected chi connectivity index (χ3v) is 3.91. The van der Waals surface area contributed by atoms with Gasteiger partial charge in [0.15, 0.2) is 15.7 Å². The second-order valence-electron chi connectivity index (χ2n) is 3.75. The molecule has 0 saturated carbocycles. The zero-order valence-electron chi connectivity index (χ0n) is 10.2. The number of nitrogens with zero attached hydrogens (tertiary/aromatic N) is 3. The van der Waals surface area contributed by atoms with Crippen molar-refractivity contribution in [1.82, 2.24) is 14.8 Å². The second kappa shape index (κ2) is 6.25. The van der Waals surface area contributed by atoms with E-state index in [1.165, 1.54) is 0 Å². The molecular formula is C11H12BrN3O3S. The minimum atomic E-state index is -0.873. The van der Waals surface area contributed by atoms with Crippen molar-refractivity contribution in [3.63, 3.8) is 0 Å². The molecule has 0 aliphatic heterocycles. The summed E-state index contributed by atoms with van der Waals surface area (Å²) in [5, 5.41) is 17.5. The Morgan fingerprint density at radius 2 is 2.37 bits per heavy atom. The number of hydrogen-bond acceptors (Lipinski definition) is 5. The molecule has 6 nitrogen and oxygen atoms in total. The highest BCUT2D eigenvalue weighted by Crippen LogP contribution is 2.30. The molecule has 0 saturated heterocycles. The average molecular weight is 346 g/mol. The van der Waals surface area contributed by atoms with Gasteiger partial charge >= 0.3 is 5.97 Å². The van der Waals surface area contributed by atoms with E-state index in [-0.39, 0.29) is 5.75 Å². The molecule has 0 radical (unpaired) electrons. The third-order valence-electron chi connectivity index (χ3n) is 2.35. The molecule has 102 valence electrons. The number of aliphatic carboxylic acids is 1. The van der Waals surface area contributed by atoms with Crippen molar-refractivity contribution in [3.8, 4) is 11.4 Å². The molecule has 0 spiro atoms. The number of carboxylic acid groups (broad SMARTS) is 1. The van der Waals surface area contributed by atoms with E-state index in [1.807, 2.05) is 11.5 Å². The van der Waals surface area contributed by atoms with Crippen molar-refractivity contribution >= 4 is 33.7 Å². The lowest BCUT2D eigenvalue weighted by atomic mass is 10.3. The number of carbonyl (C=O) groups is 1. The number of furan rings is 1. The number of hydrogen-bond donors (Lipinski definition) is 1. The molecule has 2 aromatic rings. The van der Waals surface area contributed by atoms with Crippen molar-refractivity contribution in [1.29, 1.82) is 0 Å². The van der Waals surface area contributed by atoms with Gasteiger partial charge in [-0.25, -0.2) is 0 Å². The number of aromatic nitrogens is 3. The smallest absolute Gasteiger partial charge is 0.313 e. The molecule has 19 heavy (non-hydrogen) atoms. The highest BCUT2D eigenvalue weighted by molar-refractivity contribution is 9.10. The van der Waals surface area contributed by atoms with Gasteiger partial charge in [0.2, 0.25) is 0 Å². The summed E-state index contributed by atoms with van der Waals surface area (Å²) >= 11 is 4.47. The highest BCUT2D eigenvalue weighted by Gasteiger charge is 2.18. The van der Waals surface area contributed by atoms with Crippen LogP contribution in [-0.2, 0) is 11.3 Å². The van der Waals surface area contributed by atoms with Crippen LogP contribution in [0.2, 0.25) is 0 Å². The first-order chi connectivity index (χ1) is 9.13. The average Bonchev–Trinajstić information content (AvgIpc) is 2.94. The van der Waals surface area contributed by atoms with Gasteiger partial charge in [-0.1, -0.05) is 18.7 Å². The van der Waals surface area contributed by atoms with E-state index in [0.717, 1.165) is 30.3 Å². The summed E-state index contributed by atoms with van der Waals surface area (Å²) in [7, 11) is 0. The zero-order valence-corrected chi connectivity index (χ0v) is 12.6. The summed E-state index contributed by atoms with van der Waals surface area (Å²) in [4.78, 5) is 10.6. The van der Waals surface area contributed by atoms with Gasteiger partial charge in [0.1, 0.15) is 0 Å². The van der Waals surface area contributed by atoms with Crippen LogP contribution >= 0.6 is 27.7 Å². The Morgan fingerprint density at radius 1 is 1.58 bits per heavy atom. The van der Waals surface area contributed by atoms with Crippen molar-refractivity contribution in [2.24, 2.45) is 0 Å². The van der Waals surface area contributed by atoms with E-state index in [1.54, 1.807) is 12.3 Å². The summed E-state index contributed by atoms with van der Waals surface area (Å²) in [6, 6.07) is 1.80. The number of thioether (sulfide) groups is 1. The van der Waals surface area contributed by atoms with Gasteiger partial charge in [0, 0.05) is 6.54 Å². The Balaban J connectivity index is 2.34. The molecule has 2 rings (SSSR count). The maximum absolute atomic E-state index is 10.6. The van der Waals surface area contributed by atoms with Gasteiger partial charge in [-0.3, -0.25) is 4.79 Å². The molecule has 0 aromatic carbocycles. The molecule has 0 amide bonds. The van der Waals surface area contributed by atoms with Crippen LogP contribution in [0.25, 0.3) is 11.4 Å². The normalized spacial score (nSPS) is 10.8. The topological polar surface area (TPSA) is 81.2 Å². The van der Waals surface area contributed by atoms with Gasteiger partial charge in [-0.05, 0) is 28.4 Å². The van der Waals surface area contributed by atoms with Crippen LogP contribution < -0.4 is 0 Å². The van der Waals surface area contributed by atoms with Gasteiger partial charge in [-0.15, -0.1) is 10.2 Å². The summed E-state index contributed by atoms with van der Waals surface area (Å²) in [6.07, 6.45) is 2.47. The SMILES string of the molecule is CCCn1c(SCC(=O)O)nnc1-c1ccoc1Br. The van der Waals surface area contributed by atoms with E-state index >= 15 is 0 Å². The first-order valence-corrected chi connectivity index (χ1v) is 7.42. The second-order valence-corrected chi connectivity index (χ2v) is 5.41. The molecule has 1 N–H and O–H groups in total. The first-order valence-electron chi connectivity index (χ1n) is 5.64. The monoisotopic (exact) mass is 345 g/mol. The van der Waals surface area contributed by atoms with Crippen molar-refractivity contribution in [2.75, 3.05) is 5.75 Å². The predicted molar refractivity (Wildman–Crippen MR) is 74.1 cm³/mol. The number of halogens is 1. The van der Waals surface area contributed by atoms with Crippen LogP contribution in [0.4, 0.5) is 0 Å². The van der Waals surface area contributed by atoms with Gasteiger partial charge in [0.25, 0.3) is 0 Å². The standard InChI is InChI=1S/C11H12BrN3O3S/c1-2-4-15-10(7-3-5-18-9(7)12)13-14-11(15)19-6-8(16)17/h3,5H,2,4,6H2,1H3,(H,16,17). The maximum atomic E-state index is 10.6. The molecule has 0 unspecified atom stereocenters. The fraction of sp³-hybridized carbons (Fsp3) is 0.364. The molecule has 0 bridgehead atoms. The Hall–Kier alpha value is -1.28. The summed E-state index contributed by atoms with van der Waals surface area (Å²) in [6.45, 7) is 2.77. The summed E-state index contributed by atoms with van der Waals surface area (Å²) in [5.41, 5.74) is 0.808. The first kappa shape index (κ1) is 14.1. The molecule has 8 heteroatoms. The fourth-order valence-corrected chi connectivity index (χ4v) is 2.70. The van der Waals surface area contributed by atoms with Crippen LogP contribution in [0.15, 0.2) is 26.6 Å². The lowest BCUT2D eigenvalue weighted by Gasteiger charge is -2.07. The predicted octanol–water partition coefficient (Wildman–Crippen LogP) is 2.89. The summed E-state index contributed by atoms with van der Waals surface area (Å²) in [5.74, 6) is -0.230.